The van der Waals surface area contributed by atoms with Crippen molar-refractivity contribution < 1.29 is 4.74 Å². The summed E-state index contributed by atoms with van der Waals surface area (Å²) in [5.74, 6) is 0.647. The number of methoxy groups -OCH3 is 1. The van der Waals surface area contributed by atoms with Gasteiger partial charge in [-0.15, -0.1) is 0 Å². The first-order valence-corrected chi connectivity index (χ1v) is 6.08. The van der Waals surface area contributed by atoms with Gasteiger partial charge in [0.05, 0.1) is 19.3 Å². The fourth-order valence-corrected chi connectivity index (χ4v) is 1.95. The number of nitrogens with two attached hydrogens (primary N) is 1. The van der Waals surface area contributed by atoms with Crippen LogP contribution in [0.1, 0.15) is 18.3 Å². The molecule has 0 fully saturated rings. The molecule has 96 valence electrons. The third-order valence-corrected chi connectivity index (χ3v) is 2.78. The second-order valence-electron chi connectivity index (χ2n) is 4.48. The molecule has 0 aliphatic carbocycles. The SMILES string of the molecule is COc1cccc(Cn2cccc2CC(C)N)n1. The van der Waals surface area contributed by atoms with Crippen molar-refractivity contribution in [3.63, 3.8) is 0 Å². The summed E-state index contributed by atoms with van der Waals surface area (Å²) in [4.78, 5) is 4.41. The topological polar surface area (TPSA) is 53.1 Å². The van der Waals surface area contributed by atoms with Crippen molar-refractivity contribution in [2.24, 2.45) is 5.73 Å². The van der Waals surface area contributed by atoms with E-state index in [1.807, 2.05) is 31.2 Å². The van der Waals surface area contributed by atoms with Crippen LogP contribution in [0.2, 0.25) is 0 Å². The van der Waals surface area contributed by atoms with Crippen LogP contribution in [0, 0.1) is 0 Å². The smallest absolute Gasteiger partial charge is 0.213 e. The molecule has 0 spiro atoms. The monoisotopic (exact) mass is 245 g/mol. The average molecular weight is 245 g/mol. The van der Waals surface area contributed by atoms with Crippen molar-refractivity contribution in [1.82, 2.24) is 9.55 Å². The van der Waals surface area contributed by atoms with Crippen molar-refractivity contribution in [2.45, 2.75) is 25.9 Å². The molecule has 0 aliphatic heterocycles. The molecule has 1 atom stereocenters. The van der Waals surface area contributed by atoms with E-state index < -0.39 is 0 Å². The largest absolute Gasteiger partial charge is 0.481 e. The number of hydrogen-bond donors (Lipinski definition) is 1. The Morgan fingerprint density at radius 1 is 1.33 bits per heavy atom. The van der Waals surface area contributed by atoms with Gasteiger partial charge < -0.3 is 15.0 Å². The van der Waals surface area contributed by atoms with E-state index in [0.717, 1.165) is 18.7 Å². The molecule has 2 rings (SSSR count). The molecular formula is C14H19N3O. The van der Waals surface area contributed by atoms with E-state index in [2.05, 4.69) is 21.8 Å². The Morgan fingerprint density at radius 3 is 2.89 bits per heavy atom. The normalized spacial score (nSPS) is 12.4. The Bertz CT molecular complexity index is 505. The lowest BCUT2D eigenvalue weighted by atomic mass is 10.2. The van der Waals surface area contributed by atoms with Gasteiger partial charge in [0.15, 0.2) is 0 Å². The third kappa shape index (κ3) is 3.11. The zero-order valence-corrected chi connectivity index (χ0v) is 10.8. The maximum Gasteiger partial charge on any atom is 0.213 e. The highest BCUT2D eigenvalue weighted by molar-refractivity contribution is 5.17. The van der Waals surface area contributed by atoms with Gasteiger partial charge in [-0.05, 0) is 25.1 Å². The summed E-state index contributed by atoms with van der Waals surface area (Å²) in [5.41, 5.74) is 8.06. The first-order chi connectivity index (χ1) is 8.69. The van der Waals surface area contributed by atoms with E-state index in [1.165, 1.54) is 5.69 Å². The lowest BCUT2D eigenvalue weighted by Gasteiger charge is -2.11. The van der Waals surface area contributed by atoms with Gasteiger partial charge in [0, 0.05) is 30.4 Å². The maximum atomic E-state index is 5.84. The van der Waals surface area contributed by atoms with Crippen molar-refractivity contribution in [2.75, 3.05) is 7.11 Å². The minimum atomic E-state index is 0.164. The number of ether oxygens (including phenoxy) is 1. The van der Waals surface area contributed by atoms with Crippen LogP contribution in [-0.2, 0) is 13.0 Å². The van der Waals surface area contributed by atoms with Crippen LogP contribution in [0.3, 0.4) is 0 Å². The average Bonchev–Trinajstić information content (AvgIpc) is 2.76. The maximum absolute atomic E-state index is 5.84. The minimum Gasteiger partial charge on any atom is -0.481 e. The predicted octanol–water partition coefficient (Wildman–Crippen LogP) is 1.83. The van der Waals surface area contributed by atoms with E-state index in [4.69, 9.17) is 10.5 Å². The molecule has 4 nitrogen and oxygen atoms in total. The molecule has 0 radical (unpaired) electrons. The van der Waals surface area contributed by atoms with Gasteiger partial charge in [-0.2, -0.15) is 0 Å². The van der Waals surface area contributed by atoms with E-state index in [0.29, 0.717) is 5.88 Å². The second-order valence-corrected chi connectivity index (χ2v) is 4.48. The zero-order valence-electron chi connectivity index (χ0n) is 10.8. The van der Waals surface area contributed by atoms with Crippen LogP contribution < -0.4 is 10.5 Å². The summed E-state index contributed by atoms with van der Waals surface area (Å²) in [6.07, 6.45) is 2.93. The Hall–Kier alpha value is -1.81. The van der Waals surface area contributed by atoms with E-state index in [-0.39, 0.29) is 6.04 Å². The van der Waals surface area contributed by atoms with Crippen LogP contribution in [0.25, 0.3) is 0 Å². The van der Waals surface area contributed by atoms with Crippen molar-refractivity contribution >= 4 is 0 Å². The molecule has 2 aromatic rings. The Balaban J connectivity index is 2.15. The van der Waals surface area contributed by atoms with E-state index >= 15 is 0 Å². The number of pyridine rings is 1. The van der Waals surface area contributed by atoms with Crippen molar-refractivity contribution in [1.29, 1.82) is 0 Å². The fraction of sp³-hybridized carbons (Fsp3) is 0.357. The summed E-state index contributed by atoms with van der Waals surface area (Å²) in [6, 6.07) is 10.1. The Morgan fingerprint density at radius 2 is 2.17 bits per heavy atom. The van der Waals surface area contributed by atoms with Crippen LogP contribution >= 0.6 is 0 Å². The van der Waals surface area contributed by atoms with Gasteiger partial charge >= 0.3 is 0 Å². The standard InChI is InChI=1S/C14H19N3O/c1-11(15)9-13-6-4-8-17(13)10-12-5-3-7-14(16-12)18-2/h3-8,11H,9-10,15H2,1-2H3. The molecule has 0 amide bonds. The summed E-state index contributed by atoms with van der Waals surface area (Å²) >= 11 is 0. The second kappa shape index (κ2) is 5.69. The van der Waals surface area contributed by atoms with Crippen LogP contribution in [0.4, 0.5) is 0 Å². The van der Waals surface area contributed by atoms with Crippen LogP contribution in [0.15, 0.2) is 36.5 Å². The van der Waals surface area contributed by atoms with Gasteiger partial charge in [0.2, 0.25) is 5.88 Å². The molecule has 2 heterocycles. The highest BCUT2D eigenvalue weighted by atomic mass is 16.5. The van der Waals surface area contributed by atoms with Gasteiger partial charge in [0.1, 0.15) is 0 Å². The van der Waals surface area contributed by atoms with Gasteiger partial charge in [-0.3, -0.25) is 0 Å². The summed E-state index contributed by atoms with van der Waals surface area (Å²) in [7, 11) is 1.63. The first-order valence-electron chi connectivity index (χ1n) is 6.08. The van der Waals surface area contributed by atoms with E-state index in [9.17, 15) is 0 Å². The van der Waals surface area contributed by atoms with Gasteiger partial charge in [-0.25, -0.2) is 4.98 Å². The lowest BCUT2D eigenvalue weighted by Crippen LogP contribution is -2.20. The Kier molecular flexibility index (Phi) is 3.99. The quantitative estimate of drug-likeness (QED) is 0.874. The number of aromatic nitrogens is 2. The first kappa shape index (κ1) is 12.6. The summed E-state index contributed by atoms with van der Waals surface area (Å²) in [6.45, 7) is 2.76. The summed E-state index contributed by atoms with van der Waals surface area (Å²) < 4.78 is 7.30. The molecular weight excluding hydrogens is 226 g/mol. The molecule has 18 heavy (non-hydrogen) atoms. The zero-order chi connectivity index (χ0) is 13.0. The van der Waals surface area contributed by atoms with Crippen LogP contribution in [0.5, 0.6) is 5.88 Å². The fourth-order valence-electron chi connectivity index (χ4n) is 1.95. The van der Waals surface area contributed by atoms with E-state index in [1.54, 1.807) is 7.11 Å². The molecule has 2 N–H and O–H groups in total. The number of hydrogen-bond acceptors (Lipinski definition) is 3. The Labute approximate surface area is 107 Å². The summed E-state index contributed by atoms with van der Waals surface area (Å²) in [5, 5.41) is 0. The number of rotatable bonds is 5. The third-order valence-electron chi connectivity index (χ3n) is 2.78. The van der Waals surface area contributed by atoms with Crippen LogP contribution in [-0.4, -0.2) is 22.7 Å². The molecule has 0 aliphatic rings. The molecule has 0 bridgehead atoms. The van der Waals surface area contributed by atoms with Gasteiger partial charge in [-0.1, -0.05) is 6.07 Å². The molecule has 2 aromatic heterocycles. The van der Waals surface area contributed by atoms with Crippen molar-refractivity contribution in [3.05, 3.63) is 47.9 Å². The van der Waals surface area contributed by atoms with Crippen molar-refractivity contribution in [3.8, 4) is 5.88 Å². The predicted molar refractivity (Wildman–Crippen MR) is 71.7 cm³/mol. The molecule has 0 saturated carbocycles. The highest BCUT2D eigenvalue weighted by Gasteiger charge is 2.05. The minimum absolute atomic E-state index is 0.164. The van der Waals surface area contributed by atoms with Gasteiger partial charge in [0.25, 0.3) is 0 Å². The lowest BCUT2D eigenvalue weighted by molar-refractivity contribution is 0.396. The molecule has 4 heteroatoms. The molecule has 0 aromatic carbocycles. The number of nitrogens with zero attached hydrogens (tertiary/aromatic N) is 2. The molecule has 0 saturated heterocycles. The molecule has 1 unspecified atom stereocenters. The highest BCUT2D eigenvalue weighted by Crippen LogP contribution is 2.11.